The summed E-state index contributed by atoms with van der Waals surface area (Å²) in [5.74, 6) is 0.854. The van der Waals surface area contributed by atoms with Crippen molar-refractivity contribution in [1.82, 2.24) is 24.7 Å². The molecule has 0 radical (unpaired) electrons. The standard InChI is InChI=1S/C19H20N6/c1-13-8-16(24-25(13)2)12-22-18-6-5-14(10-21-18)9-15-11-23-19-17(15)4-3-7-20-19/h3-8,10-11H,9,12H2,1-2H3,(H,20,23)(H,21,22). The Morgan fingerprint density at radius 1 is 1.20 bits per heavy atom. The molecule has 4 heterocycles. The van der Waals surface area contributed by atoms with Crippen LogP contribution in [0.25, 0.3) is 11.0 Å². The van der Waals surface area contributed by atoms with Crippen molar-refractivity contribution < 1.29 is 0 Å². The molecule has 4 aromatic heterocycles. The molecule has 0 aliphatic rings. The summed E-state index contributed by atoms with van der Waals surface area (Å²) in [4.78, 5) is 12.1. The van der Waals surface area contributed by atoms with Gasteiger partial charge in [0.25, 0.3) is 0 Å². The summed E-state index contributed by atoms with van der Waals surface area (Å²) >= 11 is 0. The highest BCUT2D eigenvalue weighted by Gasteiger charge is 2.06. The maximum Gasteiger partial charge on any atom is 0.137 e. The molecule has 6 nitrogen and oxygen atoms in total. The van der Waals surface area contributed by atoms with Crippen LogP contribution in [-0.2, 0) is 20.0 Å². The van der Waals surface area contributed by atoms with Gasteiger partial charge in [-0.3, -0.25) is 4.68 Å². The zero-order valence-electron chi connectivity index (χ0n) is 14.3. The quantitative estimate of drug-likeness (QED) is 0.589. The zero-order chi connectivity index (χ0) is 17.2. The Hall–Kier alpha value is -3.15. The van der Waals surface area contributed by atoms with Crippen LogP contribution in [0.1, 0.15) is 22.5 Å². The van der Waals surface area contributed by atoms with Crippen molar-refractivity contribution in [2.45, 2.75) is 19.9 Å². The molecule has 126 valence electrons. The van der Waals surface area contributed by atoms with E-state index in [1.165, 1.54) is 11.1 Å². The largest absolute Gasteiger partial charge is 0.364 e. The van der Waals surface area contributed by atoms with Gasteiger partial charge in [0.2, 0.25) is 0 Å². The number of hydrogen-bond donors (Lipinski definition) is 2. The number of hydrogen-bond acceptors (Lipinski definition) is 4. The summed E-state index contributed by atoms with van der Waals surface area (Å²) in [6, 6.07) is 10.2. The number of fused-ring (bicyclic) bond motifs is 1. The van der Waals surface area contributed by atoms with Crippen LogP contribution in [0.15, 0.2) is 48.9 Å². The molecule has 0 fully saturated rings. The number of rotatable bonds is 5. The Kier molecular flexibility index (Phi) is 3.93. The molecule has 0 amide bonds. The number of pyridine rings is 2. The first kappa shape index (κ1) is 15.4. The monoisotopic (exact) mass is 332 g/mol. The predicted molar refractivity (Wildman–Crippen MR) is 98.4 cm³/mol. The van der Waals surface area contributed by atoms with E-state index in [1.807, 2.05) is 43.2 Å². The summed E-state index contributed by atoms with van der Waals surface area (Å²) in [7, 11) is 1.95. The lowest BCUT2D eigenvalue weighted by molar-refractivity contribution is 0.724. The fraction of sp³-hybridized carbons (Fsp3) is 0.211. The Labute approximate surface area is 145 Å². The van der Waals surface area contributed by atoms with Crippen molar-refractivity contribution in [3.05, 3.63) is 71.4 Å². The van der Waals surface area contributed by atoms with Crippen molar-refractivity contribution in [2.75, 3.05) is 5.32 Å². The van der Waals surface area contributed by atoms with Gasteiger partial charge in [0.15, 0.2) is 0 Å². The lowest BCUT2D eigenvalue weighted by Gasteiger charge is -2.05. The van der Waals surface area contributed by atoms with Crippen LogP contribution in [0, 0.1) is 6.92 Å². The summed E-state index contributed by atoms with van der Waals surface area (Å²) in [6.45, 7) is 2.71. The van der Waals surface area contributed by atoms with Crippen molar-refractivity contribution in [3.63, 3.8) is 0 Å². The maximum atomic E-state index is 4.51. The number of aromatic nitrogens is 5. The molecule has 0 saturated carbocycles. The number of nitrogens with one attached hydrogen (secondary N) is 2. The highest BCUT2D eigenvalue weighted by Crippen LogP contribution is 2.19. The molecular weight excluding hydrogens is 312 g/mol. The smallest absolute Gasteiger partial charge is 0.137 e. The van der Waals surface area contributed by atoms with Gasteiger partial charge in [-0.15, -0.1) is 0 Å². The summed E-state index contributed by atoms with van der Waals surface area (Å²) in [5, 5.41) is 8.92. The maximum absolute atomic E-state index is 4.51. The molecule has 0 saturated heterocycles. The minimum absolute atomic E-state index is 0.669. The van der Waals surface area contributed by atoms with Gasteiger partial charge >= 0.3 is 0 Å². The normalized spacial score (nSPS) is 11.1. The van der Waals surface area contributed by atoms with Crippen LogP contribution in [0.5, 0.6) is 0 Å². The highest BCUT2D eigenvalue weighted by molar-refractivity contribution is 5.79. The van der Waals surface area contributed by atoms with Crippen molar-refractivity contribution in [1.29, 1.82) is 0 Å². The third-order valence-electron chi connectivity index (χ3n) is 4.37. The van der Waals surface area contributed by atoms with Crippen molar-refractivity contribution >= 4 is 16.9 Å². The van der Waals surface area contributed by atoms with E-state index in [0.717, 1.165) is 34.7 Å². The third kappa shape index (κ3) is 3.24. The topological polar surface area (TPSA) is 71.4 Å². The molecule has 0 unspecified atom stereocenters. The molecule has 6 heteroatoms. The molecule has 0 spiro atoms. The van der Waals surface area contributed by atoms with E-state index in [1.54, 1.807) is 6.20 Å². The second-order valence-corrected chi connectivity index (χ2v) is 6.20. The highest BCUT2D eigenvalue weighted by atomic mass is 15.3. The average Bonchev–Trinajstić information content (AvgIpc) is 3.18. The van der Waals surface area contributed by atoms with E-state index in [0.29, 0.717) is 6.54 Å². The Morgan fingerprint density at radius 3 is 2.88 bits per heavy atom. The van der Waals surface area contributed by atoms with E-state index in [-0.39, 0.29) is 0 Å². The van der Waals surface area contributed by atoms with Gasteiger partial charge in [-0.05, 0) is 42.3 Å². The third-order valence-corrected chi connectivity index (χ3v) is 4.37. The molecule has 0 aliphatic carbocycles. The summed E-state index contributed by atoms with van der Waals surface area (Å²) < 4.78 is 1.88. The molecule has 0 bridgehead atoms. The number of aryl methyl sites for hydroxylation is 2. The lowest BCUT2D eigenvalue weighted by Crippen LogP contribution is -2.03. The van der Waals surface area contributed by atoms with Crippen LogP contribution in [0.4, 0.5) is 5.82 Å². The van der Waals surface area contributed by atoms with E-state index >= 15 is 0 Å². The van der Waals surface area contributed by atoms with Crippen LogP contribution >= 0.6 is 0 Å². The molecule has 4 aromatic rings. The molecule has 2 N–H and O–H groups in total. The van der Waals surface area contributed by atoms with Crippen molar-refractivity contribution in [3.8, 4) is 0 Å². The summed E-state index contributed by atoms with van der Waals surface area (Å²) in [5.41, 5.74) is 5.48. The molecule has 0 aliphatic heterocycles. The first-order valence-electron chi connectivity index (χ1n) is 8.28. The predicted octanol–water partition coefficient (Wildman–Crippen LogP) is 3.20. The van der Waals surface area contributed by atoms with Gasteiger partial charge < -0.3 is 10.3 Å². The fourth-order valence-corrected chi connectivity index (χ4v) is 2.91. The molecule has 0 atom stereocenters. The average molecular weight is 332 g/mol. The Bertz CT molecular complexity index is 977. The molecular formula is C19H20N6. The lowest BCUT2D eigenvalue weighted by atomic mass is 10.1. The Balaban J connectivity index is 1.43. The van der Waals surface area contributed by atoms with Gasteiger partial charge in [-0.1, -0.05) is 6.07 Å². The van der Waals surface area contributed by atoms with Gasteiger partial charge in [0.1, 0.15) is 11.5 Å². The van der Waals surface area contributed by atoms with E-state index < -0.39 is 0 Å². The first-order chi connectivity index (χ1) is 12.2. The van der Waals surface area contributed by atoms with Crippen molar-refractivity contribution in [2.24, 2.45) is 7.05 Å². The van der Waals surface area contributed by atoms with E-state index in [9.17, 15) is 0 Å². The second-order valence-electron chi connectivity index (χ2n) is 6.20. The molecule has 25 heavy (non-hydrogen) atoms. The number of anilines is 1. The fourth-order valence-electron chi connectivity index (χ4n) is 2.91. The van der Waals surface area contributed by atoms with Crippen LogP contribution in [0.2, 0.25) is 0 Å². The zero-order valence-corrected chi connectivity index (χ0v) is 14.3. The van der Waals surface area contributed by atoms with Crippen LogP contribution in [0.3, 0.4) is 0 Å². The van der Waals surface area contributed by atoms with E-state index in [4.69, 9.17) is 0 Å². The van der Waals surface area contributed by atoms with Crippen LogP contribution < -0.4 is 5.32 Å². The second kappa shape index (κ2) is 6.39. The SMILES string of the molecule is Cc1cc(CNc2ccc(Cc3c[nH]c4ncccc34)cn2)nn1C. The Morgan fingerprint density at radius 2 is 2.12 bits per heavy atom. The van der Waals surface area contributed by atoms with E-state index in [2.05, 4.69) is 43.6 Å². The minimum atomic E-state index is 0.669. The first-order valence-corrected chi connectivity index (χ1v) is 8.28. The van der Waals surface area contributed by atoms with Gasteiger partial charge in [-0.2, -0.15) is 5.10 Å². The summed E-state index contributed by atoms with van der Waals surface area (Å²) in [6.07, 6.45) is 6.57. The minimum Gasteiger partial charge on any atom is -0.364 e. The molecule has 4 rings (SSSR count). The number of H-pyrrole nitrogens is 1. The van der Waals surface area contributed by atoms with Gasteiger partial charge in [0, 0.05) is 43.1 Å². The van der Waals surface area contributed by atoms with Gasteiger partial charge in [-0.25, -0.2) is 9.97 Å². The van der Waals surface area contributed by atoms with Crippen LogP contribution in [-0.4, -0.2) is 24.7 Å². The van der Waals surface area contributed by atoms with Gasteiger partial charge in [0.05, 0.1) is 12.2 Å². The number of aromatic amines is 1. The molecule has 0 aromatic carbocycles. The number of nitrogens with zero attached hydrogens (tertiary/aromatic N) is 4.